The first-order valence-corrected chi connectivity index (χ1v) is 11.8. The fourth-order valence-corrected chi connectivity index (χ4v) is 5.04. The van der Waals surface area contributed by atoms with Crippen molar-refractivity contribution in [2.75, 3.05) is 13.1 Å². The molecule has 0 saturated carbocycles. The topological polar surface area (TPSA) is 74.0 Å². The van der Waals surface area contributed by atoms with E-state index < -0.39 is 17.7 Å². The Hall–Kier alpha value is -3.35. The van der Waals surface area contributed by atoms with Crippen molar-refractivity contribution in [3.8, 4) is 0 Å². The van der Waals surface area contributed by atoms with E-state index in [0.717, 1.165) is 32.5 Å². The van der Waals surface area contributed by atoms with E-state index in [1.807, 2.05) is 18.2 Å². The molecular weight excluding hydrogens is 452 g/mol. The number of hydrogen-bond donors (Lipinski definition) is 1. The van der Waals surface area contributed by atoms with E-state index in [9.17, 15) is 14.7 Å². The van der Waals surface area contributed by atoms with Crippen molar-refractivity contribution in [2.24, 2.45) is 0 Å². The number of furan rings is 1. The number of aliphatic hydroxyl groups is 1. The maximum Gasteiger partial charge on any atom is 0.296 e. The molecule has 0 radical (unpaired) electrons. The van der Waals surface area contributed by atoms with Gasteiger partial charge in [0.25, 0.3) is 11.7 Å². The van der Waals surface area contributed by atoms with Crippen molar-refractivity contribution in [1.29, 1.82) is 0 Å². The van der Waals surface area contributed by atoms with Crippen LogP contribution in [0.15, 0.2) is 83.0 Å². The third-order valence-corrected chi connectivity index (χ3v) is 6.86. The number of hydrogen-bond acceptors (Lipinski definition) is 5. The summed E-state index contributed by atoms with van der Waals surface area (Å²) in [6, 6.07) is 19.4. The van der Waals surface area contributed by atoms with Crippen LogP contribution in [0.3, 0.4) is 0 Å². The Labute approximate surface area is 203 Å². The zero-order valence-corrected chi connectivity index (χ0v) is 19.3. The minimum atomic E-state index is -0.767. The molecule has 174 valence electrons. The number of rotatable bonds is 5. The number of carbonyl (C=O) groups is 2. The SMILES string of the molecule is O=C1C(=O)N(C2CCN(Cc3ccccc3)CC2)C(c2ccco2)/C1=C(/O)c1ccc(Cl)cc1. The molecule has 2 saturated heterocycles. The maximum absolute atomic E-state index is 13.2. The Balaban J connectivity index is 1.43. The lowest BCUT2D eigenvalue weighted by atomic mass is 9.97. The summed E-state index contributed by atoms with van der Waals surface area (Å²) in [5, 5.41) is 11.6. The summed E-state index contributed by atoms with van der Waals surface area (Å²) in [6.45, 7) is 2.47. The van der Waals surface area contributed by atoms with E-state index in [1.54, 1.807) is 41.3 Å². The first kappa shape index (κ1) is 22.4. The predicted octanol–water partition coefficient (Wildman–Crippen LogP) is 5.02. The third kappa shape index (κ3) is 4.27. The summed E-state index contributed by atoms with van der Waals surface area (Å²) < 4.78 is 5.65. The highest BCUT2D eigenvalue weighted by Crippen LogP contribution is 2.42. The average Bonchev–Trinajstić information content (AvgIpc) is 3.47. The lowest BCUT2D eigenvalue weighted by Crippen LogP contribution is -2.46. The predicted molar refractivity (Wildman–Crippen MR) is 129 cm³/mol. The first-order valence-electron chi connectivity index (χ1n) is 11.4. The minimum Gasteiger partial charge on any atom is -0.507 e. The van der Waals surface area contributed by atoms with Crippen LogP contribution < -0.4 is 0 Å². The molecule has 3 aromatic rings. The summed E-state index contributed by atoms with van der Waals surface area (Å²) in [7, 11) is 0. The number of nitrogens with zero attached hydrogens (tertiary/aromatic N) is 2. The van der Waals surface area contributed by atoms with Gasteiger partial charge in [0.05, 0.1) is 11.8 Å². The molecule has 0 aliphatic carbocycles. The van der Waals surface area contributed by atoms with E-state index in [1.165, 1.54) is 11.8 Å². The van der Waals surface area contributed by atoms with E-state index >= 15 is 0 Å². The van der Waals surface area contributed by atoms with Gasteiger partial charge in [-0.2, -0.15) is 0 Å². The van der Waals surface area contributed by atoms with Crippen LogP contribution in [0.1, 0.15) is 35.8 Å². The van der Waals surface area contributed by atoms with Crippen molar-refractivity contribution in [2.45, 2.75) is 31.5 Å². The molecule has 2 aliphatic heterocycles. The second-order valence-electron chi connectivity index (χ2n) is 8.72. The lowest BCUT2D eigenvalue weighted by Gasteiger charge is -2.38. The number of benzene rings is 2. The highest BCUT2D eigenvalue weighted by atomic mass is 35.5. The maximum atomic E-state index is 13.2. The zero-order valence-electron chi connectivity index (χ0n) is 18.6. The molecule has 6 nitrogen and oxygen atoms in total. The lowest BCUT2D eigenvalue weighted by molar-refractivity contribution is -0.142. The molecule has 2 aliphatic rings. The van der Waals surface area contributed by atoms with Gasteiger partial charge < -0.3 is 14.4 Å². The van der Waals surface area contributed by atoms with Crippen molar-refractivity contribution in [1.82, 2.24) is 9.80 Å². The standard InChI is InChI=1S/C27H25ClN2O4/c28-20-10-8-19(9-11-20)25(31)23-24(22-7-4-16-34-22)30(27(33)26(23)32)21-12-14-29(15-13-21)17-18-5-2-1-3-6-18/h1-11,16,21,24,31H,12-15,17H2/b25-23-. The van der Waals surface area contributed by atoms with Crippen LogP contribution in [0, 0.1) is 0 Å². The van der Waals surface area contributed by atoms with E-state index in [2.05, 4.69) is 17.0 Å². The molecule has 34 heavy (non-hydrogen) atoms. The van der Waals surface area contributed by atoms with Gasteiger partial charge in [-0.05, 0) is 54.8 Å². The largest absolute Gasteiger partial charge is 0.507 e. The number of amides is 1. The molecule has 2 fully saturated rings. The Bertz CT molecular complexity index is 1200. The number of likely N-dealkylation sites (tertiary alicyclic amines) is 2. The number of Topliss-reactive ketones (excluding diaryl/α,β-unsaturated/α-hetero) is 1. The van der Waals surface area contributed by atoms with Gasteiger partial charge in [-0.25, -0.2) is 0 Å². The number of carbonyl (C=O) groups excluding carboxylic acids is 2. The van der Waals surface area contributed by atoms with Gasteiger partial charge in [0.15, 0.2) is 0 Å². The summed E-state index contributed by atoms with van der Waals surface area (Å²) in [5.74, 6) is -1.05. The number of halogens is 1. The average molecular weight is 477 g/mol. The van der Waals surface area contributed by atoms with Crippen molar-refractivity contribution in [3.63, 3.8) is 0 Å². The van der Waals surface area contributed by atoms with Crippen LogP contribution in [0.2, 0.25) is 5.02 Å². The molecule has 1 aromatic heterocycles. The molecule has 2 aromatic carbocycles. The second kappa shape index (κ2) is 9.49. The third-order valence-electron chi connectivity index (χ3n) is 6.61. The number of ketones is 1. The molecule has 0 bridgehead atoms. The van der Waals surface area contributed by atoms with Gasteiger partial charge in [-0.3, -0.25) is 14.5 Å². The molecule has 0 spiro atoms. The van der Waals surface area contributed by atoms with Crippen LogP contribution in [0.4, 0.5) is 0 Å². The Morgan fingerprint density at radius 1 is 0.971 bits per heavy atom. The normalized spacial score (nSPS) is 21.3. The highest BCUT2D eigenvalue weighted by molar-refractivity contribution is 6.46. The summed E-state index contributed by atoms with van der Waals surface area (Å²) in [6.07, 6.45) is 2.98. The molecule has 3 heterocycles. The van der Waals surface area contributed by atoms with Crippen LogP contribution in [0.25, 0.3) is 5.76 Å². The van der Waals surface area contributed by atoms with E-state index in [0.29, 0.717) is 16.3 Å². The fourth-order valence-electron chi connectivity index (χ4n) is 4.91. The summed E-state index contributed by atoms with van der Waals surface area (Å²) >= 11 is 5.98. The van der Waals surface area contributed by atoms with Crippen LogP contribution in [-0.4, -0.2) is 45.7 Å². The number of aliphatic hydroxyl groups excluding tert-OH is 1. The van der Waals surface area contributed by atoms with Crippen molar-refractivity contribution >= 4 is 29.1 Å². The molecular formula is C27H25ClN2O4. The van der Waals surface area contributed by atoms with Crippen LogP contribution >= 0.6 is 11.6 Å². The van der Waals surface area contributed by atoms with E-state index in [-0.39, 0.29) is 17.4 Å². The zero-order chi connectivity index (χ0) is 23.7. The summed E-state index contributed by atoms with van der Waals surface area (Å²) in [4.78, 5) is 30.4. The van der Waals surface area contributed by atoms with Crippen LogP contribution in [0.5, 0.6) is 0 Å². The Kier molecular flexibility index (Phi) is 6.26. The fraction of sp³-hybridized carbons (Fsp3) is 0.259. The van der Waals surface area contributed by atoms with Gasteiger partial charge in [-0.15, -0.1) is 0 Å². The van der Waals surface area contributed by atoms with Crippen molar-refractivity contribution in [3.05, 3.63) is 100 Å². The molecule has 5 rings (SSSR count). The van der Waals surface area contributed by atoms with Gasteiger partial charge in [0.2, 0.25) is 0 Å². The molecule has 1 atom stereocenters. The van der Waals surface area contributed by atoms with Gasteiger partial charge in [0.1, 0.15) is 17.6 Å². The van der Waals surface area contributed by atoms with Gasteiger partial charge >= 0.3 is 0 Å². The number of piperidine rings is 1. The highest BCUT2D eigenvalue weighted by Gasteiger charge is 2.50. The molecule has 7 heteroatoms. The molecule has 1 unspecified atom stereocenters. The van der Waals surface area contributed by atoms with Crippen molar-refractivity contribution < 1.29 is 19.1 Å². The Morgan fingerprint density at radius 3 is 2.32 bits per heavy atom. The quantitative estimate of drug-likeness (QED) is 0.318. The summed E-state index contributed by atoms with van der Waals surface area (Å²) in [5.41, 5.74) is 1.73. The van der Waals surface area contributed by atoms with Gasteiger partial charge in [0, 0.05) is 36.3 Å². The van der Waals surface area contributed by atoms with E-state index in [4.69, 9.17) is 16.0 Å². The van der Waals surface area contributed by atoms with Crippen LogP contribution in [-0.2, 0) is 16.1 Å². The Morgan fingerprint density at radius 2 is 1.68 bits per heavy atom. The monoisotopic (exact) mass is 476 g/mol. The van der Waals surface area contributed by atoms with Gasteiger partial charge in [-0.1, -0.05) is 41.9 Å². The molecule has 1 amide bonds. The first-order chi connectivity index (χ1) is 16.5. The molecule has 1 N–H and O–H groups in total. The minimum absolute atomic E-state index is 0.0500. The smallest absolute Gasteiger partial charge is 0.296 e. The second-order valence-corrected chi connectivity index (χ2v) is 9.16.